The largest absolute Gasteiger partial charge is 0.444 e. The van der Waals surface area contributed by atoms with Gasteiger partial charge in [-0.2, -0.15) is 0 Å². The molecule has 0 aliphatic carbocycles. The van der Waals surface area contributed by atoms with Crippen LogP contribution in [0.5, 0.6) is 0 Å². The van der Waals surface area contributed by atoms with E-state index in [1.165, 1.54) is 7.11 Å². The van der Waals surface area contributed by atoms with Crippen LogP contribution in [0.3, 0.4) is 0 Å². The van der Waals surface area contributed by atoms with Crippen LogP contribution in [0, 0.1) is 5.41 Å². The molecule has 1 unspecified atom stereocenters. The van der Waals surface area contributed by atoms with Crippen LogP contribution in [-0.2, 0) is 9.47 Å². The lowest BCUT2D eigenvalue weighted by molar-refractivity contribution is -0.119. The summed E-state index contributed by atoms with van der Waals surface area (Å²) in [5.41, 5.74) is -0.259. The fourth-order valence-electron chi connectivity index (χ4n) is 3.00. The average Bonchev–Trinajstić information content (AvgIpc) is 2.71. The van der Waals surface area contributed by atoms with E-state index in [0.29, 0.717) is 6.54 Å². The average molecular weight is 286 g/mol. The van der Waals surface area contributed by atoms with Gasteiger partial charge in [-0.3, -0.25) is 4.90 Å². The maximum absolute atomic E-state index is 12.0. The maximum atomic E-state index is 12.0. The Hall–Kier alpha value is -0.850. The highest BCUT2D eigenvalue weighted by Crippen LogP contribution is 2.39. The summed E-state index contributed by atoms with van der Waals surface area (Å²) in [6.45, 7) is 9.51. The van der Waals surface area contributed by atoms with E-state index < -0.39 is 11.9 Å². The molecule has 0 saturated carbocycles. The molecule has 0 aromatic rings. The summed E-state index contributed by atoms with van der Waals surface area (Å²) in [6.07, 6.45) is 0.0618. The lowest BCUT2D eigenvalue weighted by atomic mass is 9.79. The number of likely N-dealkylation sites (tertiary alicyclic amines) is 2. The molecule has 1 N–H and O–H groups in total. The van der Waals surface area contributed by atoms with Gasteiger partial charge in [0.15, 0.2) is 6.29 Å². The first kappa shape index (κ1) is 15.5. The number of rotatable bonds is 3. The predicted molar refractivity (Wildman–Crippen MR) is 74.3 cm³/mol. The predicted octanol–water partition coefficient (Wildman–Crippen LogP) is 0.894. The molecule has 0 aromatic heterocycles. The molecule has 116 valence electrons. The molecule has 2 rings (SSSR count). The first-order valence-electron chi connectivity index (χ1n) is 7.14. The summed E-state index contributed by atoms with van der Waals surface area (Å²) < 4.78 is 10.3. The van der Waals surface area contributed by atoms with Crippen molar-refractivity contribution < 1.29 is 19.4 Å². The molecule has 0 radical (unpaired) electrons. The summed E-state index contributed by atoms with van der Waals surface area (Å²) in [6, 6.07) is 0. The number of hydrogen-bond acceptors (Lipinski definition) is 5. The molecule has 0 aromatic carbocycles. The van der Waals surface area contributed by atoms with Gasteiger partial charge in [0.2, 0.25) is 0 Å². The number of aliphatic hydroxyl groups is 1. The lowest BCUT2D eigenvalue weighted by Gasteiger charge is -2.48. The number of nitrogens with zero attached hydrogens (tertiary/aromatic N) is 2. The first-order chi connectivity index (χ1) is 9.23. The standard InChI is InChI=1S/C14H26N2O4/c1-13(2,3)20-12(18)16-6-5-14(10-16)8-15(9-14)7-11(17)19-4/h11,17H,5-10H2,1-4H3. The van der Waals surface area contributed by atoms with E-state index in [-0.39, 0.29) is 11.5 Å². The molecule has 2 heterocycles. The molecule has 1 amide bonds. The molecule has 6 nitrogen and oxygen atoms in total. The van der Waals surface area contributed by atoms with Gasteiger partial charge in [-0.25, -0.2) is 4.79 Å². The van der Waals surface area contributed by atoms with Gasteiger partial charge >= 0.3 is 6.09 Å². The second kappa shape index (κ2) is 5.50. The third-order valence-electron chi connectivity index (χ3n) is 3.89. The summed E-state index contributed by atoms with van der Waals surface area (Å²) in [4.78, 5) is 16.0. The number of carbonyl (C=O) groups excluding carboxylic acids is 1. The Morgan fingerprint density at radius 3 is 2.55 bits per heavy atom. The summed E-state index contributed by atoms with van der Waals surface area (Å²) in [5.74, 6) is 0. The number of hydrogen-bond donors (Lipinski definition) is 1. The normalized spacial score (nSPS) is 23.8. The van der Waals surface area contributed by atoms with E-state index in [2.05, 4.69) is 4.90 Å². The Balaban J connectivity index is 1.78. The van der Waals surface area contributed by atoms with Crippen molar-refractivity contribution in [1.29, 1.82) is 0 Å². The molecule has 2 aliphatic heterocycles. The van der Waals surface area contributed by atoms with Crippen LogP contribution < -0.4 is 0 Å². The van der Waals surface area contributed by atoms with Crippen LogP contribution in [0.1, 0.15) is 27.2 Å². The van der Waals surface area contributed by atoms with E-state index in [1.807, 2.05) is 20.8 Å². The lowest BCUT2D eigenvalue weighted by Crippen LogP contribution is -2.59. The number of ether oxygens (including phenoxy) is 2. The van der Waals surface area contributed by atoms with Gasteiger partial charge < -0.3 is 19.5 Å². The highest BCUT2D eigenvalue weighted by atomic mass is 16.6. The highest BCUT2D eigenvalue weighted by molar-refractivity contribution is 5.68. The Morgan fingerprint density at radius 2 is 2.00 bits per heavy atom. The van der Waals surface area contributed by atoms with Crippen molar-refractivity contribution in [1.82, 2.24) is 9.80 Å². The summed E-state index contributed by atoms with van der Waals surface area (Å²) in [7, 11) is 1.50. The second-order valence-electron chi connectivity index (χ2n) is 7.01. The number of methoxy groups -OCH3 is 1. The molecule has 2 fully saturated rings. The third-order valence-corrected chi connectivity index (χ3v) is 3.89. The van der Waals surface area contributed by atoms with E-state index in [1.54, 1.807) is 4.90 Å². The van der Waals surface area contributed by atoms with Gasteiger partial charge in [-0.15, -0.1) is 0 Å². The van der Waals surface area contributed by atoms with Crippen LogP contribution in [0.2, 0.25) is 0 Å². The maximum Gasteiger partial charge on any atom is 0.410 e. The summed E-state index contributed by atoms with van der Waals surface area (Å²) in [5, 5.41) is 9.44. The minimum Gasteiger partial charge on any atom is -0.444 e. The number of β-amino-alcohol motifs (C(OH)–C–C–N with tert-alkyl or cyclic N) is 1. The number of aliphatic hydroxyl groups excluding tert-OH is 1. The fraction of sp³-hybridized carbons (Fsp3) is 0.929. The molecule has 20 heavy (non-hydrogen) atoms. The smallest absolute Gasteiger partial charge is 0.410 e. The van der Waals surface area contributed by atoms with Crippen molar-refractivity contribution in [3.05, 3.63) is 0 Å². The summed E-state index contributed by atoms with van der Waals surface area (Å²) >= 11 is 0. The zero-order chi connectivity index (χ0) is 15.0. The van der Waals surface area contributed by atoms with Crippen LogP contribution in [0.15, 0.2) is 0 Å². The molecule has 2 saturated heterocycles. The van der Waals surface area contributed by atoms with Gasteiger partial charge in [-0.05, 0) is 27.2 Å². The molecular formula is C14H26N2O4. The molecule has 2 aliphatic rings. The van der Waals surface area contributed by atoms with Crippen molar-refractivity contribution >= 4 is 6.09 Å². The van der Waals surface area contributed by atoms with Gasteiger partial charge in [0.05, 0.1) is 0 Å². The van der Waals surface area contributed by atoms with Gasteiger partial charge in [0.25, 0.3) is 0 Å². The van der Waals surface area contributed by atoms with Crippen LogP contribution in [0.4, 0.5) is 4.79 Å². The monoisotopic (exact) mass is 286 g/mol. The van der Waals surface area contributed by atoms with E-state index in [9.17, 15) is 9.90 Å². The third kappa shape index (κ3) is 3.62. The first-order valence-corrected chi connectivity index (χ1v) is 7.14. The van der Waals surface area contributed by atoms with Crippen LogP contribution in [-0.4, -0.2) is 72.7 Å². The van der Waals surface area contributed by atoms with Crippen molar-refractivity contribution in [3.63, 3.8) is 0 Å². The highest BCUT2D eigenvalue weighted by Gasteiger charge is 2.49. The molecule has 6 heteroatoms. The molecular weight excluding hydrogens is 260 g/mol. The number of amides is 1. The van der Waals surface area contributed by atoms with E-state index >= 15 is 0 Å². The van der Waals surface area contributed by atoms with Gasteiger partial charge in [0, 0.05) is 45.2 Å². The zero-order valence-corrected chi connectivity index (χ0v) is 12.9. The van der Waals surface area contributed by atoms with Crippen molar-refractivity contribution in [3.8, 4) is 0 Å². The van der Waals surface area contributed by atoms with Gasteiger partial charge in [-0.1, -0.05) is 0 Å². The quantitative estimate of drug-likeness (QED) is 0.781. The minimum absolute atomic E-state index is 0.185. The molecule has 1 spiro atoms. The minimum atomic E-state index is -0.726. The second-order valence-corrected chi connectivity index (χ2v) is 7.01. The van der Waals surface area contributed by atoms with Crippen LogP contribution in [0.25, 0.3) is 0 Å². The SMILES string of the molecule is COC(O)CN1CC2(CCN(C(=O)OC(C)(C)C)C2)C1. The van der Waals surface area contributed by atoms with E-state index in [4.69, 9.17) is 9.47 Å². The molecule has 0 bridgehead atoms. The fourth-order valence-corrected chi connectivity index (χ4v) is 3.00. The zero-order valence-electron chi connectivity index (χ0n) is 12.9. The topological polar surface area (TPSA) is 62.2 Å². The Bertz CT molecular complexity index is 361. The number of carbonyl (C=O) groups is 1. The Kier molecular flexibility index (Phi) is 4.27. The van der Waals surface area contributed by atoms with Crippen LogP contribution >= 0.6 is 0 Å². The molecule has 1 atom stereocenters. The Labute approximate surface area is 120 Å². The van der Waals surface area contributed by atoms with E-state index in [0.717, 1.165) is 32.6 Å². The Morgan fingerprint density at radius 1 is 1.35 bits per heavy atom. The van der Waals surface area contributed by atoms with Crippen molar-refractivity contribution in [2.24, 2.45) is 5.41 Å². The van der Waals surface area contributed by atoms with Crippen molar-refractivity contribution in [2.75, 3.05) is 39.8 Å². The van der Waals surface area contributed by atoms with Gasteiger partial charge in [0.1, 0.15) is 5.60 Å². The van der Waals surface area contributed by atoms with Crippen molar-refractivity contribution in [2.45, 2.75) is 39.1 Å².